The summed E-state index contributed by atoms with van der Waals surface area (Å²) >= 11 is 0. The summed E-state index contributed by atoms with van der Waals surface area (Å²) in [6.45, 7) is 3.09. The Morgan fingerprint density at radius 1 is 1.54 bits per heavy atom. The molecule has 0 aliphatic carbocycles. The maximum atomic E-state index is 10.7. The highest BCUT2D eigenvalue weighted by atomic mass is 16.6. The third-order valence-corrected chi connectivity index (χ3v) is 1.51. The Balaban J connectivity index is 3.07. The second kappa shape index (κ2) is 3.89. The second-order valence-corrected chi connectivity index (χ2v) is 2.52. The topological polar surface area (TPSA) is 48.4 Å². The Morgan fingerprint density at radius 3 is 2.77 bits per heavy atom. The first kappa shape index (κ1) is 9.51. The fraction of sp³-hybridized carbons (Fsp3) is 0.333. The molecule has 0 saturated carbocycles. The van der Waals surface area contributed by atoms with E-state index in [2.05, 4.69) is 4.98 Å². The zero-order valence-electron chi connectivity index (χ0n) is 7.83. The fourth-order valence-electron chi connectivity index (χ4n) is 0.958. The minimum atomic E-state index is -0.380. The van der Waals surface area contributed by atoms with E-state index in [0.29, 0.717) is 17.2 Å². The molecule has 0 saturated heterocycles. The van der Waals surface area contributed by atoms with Crippen LogP contribution in [-0.4, -0.2) is 18.1 Å². The van der Waals surface area contributed by atoms with E-state index >= 15 is 0 Å². The van der Waals surface area contributed by atoms with Crippen LogP contribution >= 0.6 is 0 Å². The van der Waals surface area contributed by atoms with Crippen molar-refractivity contribution in [3.63, 3.8) is 0 Å². The van der Waals surface area contributed by atoms with Crippen LogP contribution in [0.4, 0.5) is 0 Å². The van der Waals surface area contributed by atoms with Gasteiger partial charge < -0.3 is 9.47 Å². The molecule has 0 aliphatic heterocycles. The van der Waals surface area contributed by atoms with Gasteiger partial charge >= 0.3 is 5.97 Å². The van der Waals surface area contributed by atoms with Crippen LogP contribution in [0.25, 0.3) is 0 Å². The monoisotopic (exact) mass is 181 g/mol. The van der Waals surface area contributed by atoms with E-state index in [1.165, 1.54) is 14.0 Å². The van der Waals surface area contributed by atoms with Crippen LogP contribution in [0.5, 0.6) is 11.5 Å². The van der Waals surface area contributed by atoms with Gasteiger partial charge in [0.25, 0.3) is 0 Å². The molecule has 0 amide bonds. The predicted octanol–water partition coefficient (Wildman–Crippen LogP) is 1.32. The Labute approximate surface area is 76.5 Å². The number of esters is 1. The minimum Gasteiger partial charge on any atom is -0.493 e. The number of rotatable bonds is 2. The molecular formula is C9H11NO3. The molecule has 0 radical (unpaired) electrons. The highest BCUT2D eigenvalue weighted by molar-refractivity contribution is 5.70. The van der Waals surface area contributed by atoms with Crippen LogP contribution < -0.4 is 9.47 Å². The molecule has 0 unspecified atom stereocenters. The fourth-order valence-corrected chi connectivity index (χ4v) is 0.958. The van der Waals surface area contributed by atoms with Crippen molar-refractivity contribution in [3.8, 4) is 11.5 Å². The minimum absolute atomic E-state index is 0.380. The number of aromatic nitrogens is 1. The first-order valence-corrected chi connectivity index (χ1v) is 3.83. The van der Waals surface area contributed by atoms with E-state index in [1.807, 2.05) is 0 Å². The Hall–Kier alpha value is -1.58. The number of pyridine rings is 1. The van der Waals surface area contributed by atoms with Gasteiger partial charge in [0, 0.05) is 19.2 Å². The van der Waals surface area contributed by atoms with Crippen molar-refractivity contribution in [1.82, 2.24) is 4.98 Å². The number of nitrogens with zero attached hydrogens (tertiary/aromatic N) is 1. The number of hydrogen-bond donors (Lipinski definition) is 0. The van der Waals surface area contributed by atoms with Crippen LogP contribution in [-0.2, 0) is 4.79 Å². The van der Waals surface area contributed by atoms with Gasteiger partial charge in [0.2, 0.25) is 0 Å². The van der Waals surface area contributed by atoms with Crippen molar-refractivity contribution in [2.75, 3.05) is 7.11 Å². The van der Waals surface area contributed by atoms with Gasteiger partial charge in [-0.3, -0.25) is 9.78 Å². The lowest BCUT2D eigenvalue weighted by Crippen LogP contribution is -2.05. The van der Waals surface area contributed by atoms with Crippen molar-refractivity contribution >= 4 is 5.97 Å². The third-order valence-electron chi connectivity index (χ3n) is 1.51. The molecule has 13 heavy (non-hydrogen) atoms. The summed E-state index contributed by atoms with van der Waals surface area (Å²) < 4.78 is 9.95. The van der Waals surface area contributed by atoms with Gasteiger partial charge in [-0.15, -0.1) is 0 Å². The molecule has 0 fully saturated rings. The second-order valence-electron chi connectivity index (χ2n) is 2.52. The molecule has 1 aromatic rings. The van der Waals surface area contributed by atoms with Crippen molar-refractivity contribution in [2.24, 2.45) is 0 Å². The average Bonchev–Trinajstić information content (AvgIpc) is 2.08. The Morgan fingerprint density at radius 2 is 2.23 bits per heavy atom. The molecule has 1 heterocycles. The molecule has 4 heteroatoms. The number of methoxy groups -OCH3 is 1. The van der Waals surface area contributed by atoms with Crippen molar-refractivity contribution < 1.29 is 14.3 Å². The lowest BCUT2D eigenvalue weighted by Gasteiger charge is -2.08. The predicted molar refractivity (Wildman–Crippen MR) is 46.8 cm³/mol. The van der Waals surface area contributed by atoms with Crippen LogP contribution in [0.1, 0.15) is 12.6 Å². The smallest absolute Gasteiger partial charge is 0.308 e. The molecule has 70 valence electrons. The SMILES string of the molecule is COc1ccnc(C)c1OC(C)=O. The van der Waals surface area contributed by atoms with Crippen molar-refractivity contribution in [1.29, 1.82) is 0 Å². The normalized spacial score (nSPS) is 9.46. The number of aryl methyl sites for hydroxylation is 1. The molecule has 1 rings (SSSR count). The summed E-state index contributed by atoms with van der Waals surface area (Å²) in [5.41, 5.74) is 0.634. The number of carbonyl (C=O) groups excluding carboxylic acids is 1. The van der Waals surface area contributed by atoms with Crippen LogP contribution in [0.15, 0.2) is 12.3 Å². The first-order chi connectivity index (χ1) is 6.15. The quantitative estimate of drug-likeness (QED) is 0.646. The van der Waals surface area contributed by atoms with Gasteiger partial charge in [0.15, 0.2) is 11.5 Å². The van der Waals surface area contributed by atoms with Crippen molar-refractivity contribution in [2.45, 2.75) is 13.8 Å². The van der Waals surface area contributed by atoms with E-state index in [0.717, 1.165) is 0 Å². The molecule has 1 aromatic heterocycles. The summed E-state index contributed by atoms with van der Waals surface area (Å²) in [5.74, 6) is 0.523. The summed E-state index contributed by atoms with van der Waals surface area (Å²) in [6, 6.07) is 1.64. The van der Waals surface area contributed by atoms with Gasteiger partial charge in [0.1, 0.15) is 0 Å². The summed E-state index contributed by atoms with van der Waals surface area (Å²) in [4.78, 5) is 14.7. The lowest BCUT2D eigenvalue weighted by atomic mass is 10.3. The largest absolute Gasteiger partial charge is 0.493 e. The molecule has 0 bridgehead atoms. The summed E-state index contributed by atoms with van der Waals surface area (Å²) in [5, 5.41) is 0. The van der Waals surface area contributed by atoms with E-state index in [1.54, 1.807) is 19.2 Å². The first-order valence-electron chi connectivity index (χ1n) is 3.83. The number of hydrogen-bond acceptors (Lipinski definition) is 4. The average molecular weight is 181 g/mol. The van der Waals surface area contributed by atoms with Crippen molar-refractivity contribution in [3.05, 3.63) is 18.0 Å². The van der Waals surface area contributed by atoms with Gasteiger partial charge in [0.05, 0.1) is 12.8 Å². The number of ether oxygens (including phenoxy) is 2. The highest BCUT2D eigenvalue weighted by Crippen LogP contribution is 2.28. The van der Waals surface area contributed by atoms with E-state index < -0.39 is 0 Å². The Bertz CT molecular complexity index is 323. The van der Waals surface area contributed by atoms with Gasteiger partial charge in [-0.1, -0.05) is 0 Å². The van der Waals surface area contributed by atoms with Gasteiger partial charge in [-0.05, 0) is 6.92 Å². The molecule has 4 nitrogen and oxygen atoms in total. The molecule has 0 atom stereocenters. The van der Waals surface area contributed by atoms with E-state index in [-0.39, 0.29) is 5.97 Å². The standard InChI is InChI=1S/C9H11NO3/c1-6-9(13-7(2)11)8(12-3)4-5-10-6/h4-5H,1-3H3. The molecular weight excluding hydrogens is 170 g/mol. The molecule has 0 aromatic carbocycles. The summed E-state index contributed by atoms with van der Waals surface area (Å²) in [7, 11) is 1.52. The van der Waals surface area contributed by atoms with E-state index in [9.17, 15) is 4.79 Å². The molecule has 0 aliphatic rings. The van der Waals surface area contributed by atoms with Gasteiger partial charge in [-0.25, -0.2) is 0 Å². The highest BCUT2D eigenvalue weighted by Gasteiger charge is 2.10. The van der Waals surface area contributed by atoms with Crippen LogP contribution in [0, 0.1) is 6.92 Å². The van der Waals surface area contributed by atoms with Crippen LogP contribution in [0.3, 0.4) is 0 Å². The van der Waals surface area contributed by atoms with Crippen LogP contribution in [0.2, 0.25) is 0 Å². The van der Waals surface area contributed by atoms with E-state index in [4.69, 9.17) is 9.47 Å². The lowest BCUT2D eigenvalue weighted by molar-refractivity contribution is -0.132. The summed E-state index contributed by atoms with van der Waals surface area (Å²) in [6.07, 6.45) is 1.60. The van der Waals surface area contributed by atoms with Gasteiger partial charge in [-0.2, -0.15) is 0 Å². The molecule has 0 spiro atoms. The number of carbonyl (C=O) groups is 1. The molecule has 0 N–H and O–H groups in total. The maximum Gasteiger partial charge on any atom is 0.308 e. The zero-order valence-corrected chi connectivity index (χ0v) is 7.83. The Kier molecular flexibility index (Phi) is 2.84. The zero-order chi connectivity index (χ0) is 9.84. The third kappa shape index (κ3) is 2.18. The maximum absolute atomic E-state index is 10.7.